The summed E-state index contributed by atoms with van der Waals surface area (Å²) in [5.41, 5.74) is 0. The Morgan fingerprint density at radius 1 is 1.58 bits per heavy atom. The van der Waals surface area contributed by atoms with Crippen LogP contribution in [0.25, 0.3) is 0 Å². The summed E-state index contributed by atoms with van der Waals surface area (Å²) in [6, 6.07) is 0. The van der Waals surface area contributed by atoms with Gasteiger partial charge in [0.15, 0.2) is 4.38 Å². The lowest BCUT2D eigenvalue weighted by Crippen LogP contribution is -2.06. The molecule has 12 heavy (non-hydrogen) atoms. The molecular formula is C6H8BrNO2S2. The van der Waals surface area contributed by atoms with Crippen molar-refractivity contribution < 1.29 is 8.42 Å². The molecule has 1 rings (SSSR count). The molecule has 0 radical (unpaired) electrons. The second-order valence-electron chi connectivity index (χ2n) is 2.53. The van der Waals surface area contributed by atoms with Crippen molar-refractivity contribution in [2.24, 2.45) is 4.99 Å². The topological polar surface area (TPSA) is 46.5 Å². The normalized spacial score (nSPS) is 21.0. The number of thioether (sulfide) groups is 1. The minimum atomic E-state index is -3.23. The van der Waals surface area contributed by atoms with Crippen LogP contribution in [0.15, 0.2) is 15.0 Å². The van der Waals surface area contributed by atoms with Crippen LogP contribution in [0.5, 0.6) is 0 Å². The summed E-state index contributed by atoms with van der Waals surface area (Å²) >= 11 is 4.28. The van der Waals surface area contributed by atoms with Crippen LogP contribution in [0.3, 0.4) is 0 Å². The molecule has 0 saturated heterocycles. The van der Waals surface area contributed by atoms with Gasteiger partial charge in [-0.2, -0.15) is 0 Å². The Morgan fingerprint density at radius 3 is 2.50 bits per heavy atom. The Hall–Kier alpha value is 0.190. The summed E-state index contributed by atoms with van der Waals surface area (Å²) in [7, 11) is -3.23. The van der Waals surface area contributed by atoms with Gasteiger partial charge in [0.2, 0.25) is 9.84 Å². The van der Waals surface area contributed by atoms with Gasteiger partial charge in [-0.1, -0.05) is 25.6 Å². The summed E-state index contributed by atoms with van der Waals surface area (Å²) in [5, 5.41) is 1.35. The zero-order valence-corrected chi connectivity index (χ0v) is 9.83. The molecule has 0 aliphatic carbocycles. The maximum Gasteiger partial charge on any atom is 0.225 e. The predicted octanol–water partition coefficient (Wildman–Crippen LogP) is 2.11. The number of halogens is 1. The number of rotatable bonds is 1. The van der Waals surface area contributed by atoms with Crippen molar-refractivity contribution in [1.29, 1.82) is 0 Å². The molecule has 0 bridgehead atoms. The molecule has 0 spiro atoms. The molecule has 1 aliphatic heterocycles. The van der Waals surface area contributed by atoms with Crippen LogP contribution in [0.4, 0.5) is 0 Å². The highest BCUT2D eigenvalue weighted by Gasteiger charge is 2.25. The first-order valence-corrected chi connectivity index (χ1v) is 6.51. The Morgan fingerprint density at radius 2 is 2.17 bits per heavy atom. The minimum Gasteiger partial charge on any atom is -0.221 e. The number of sulfone groups is 1. The summed E-state index contributed by atoms with van der Waals surface area (Å²) in [6.07, 6.45) is 0. The van der Waals surface area contributed by atoms with Crippen LogP contribution >= 0.6 is 27.7 Å². The van der Waals surface area contributed by atoms with Crippen molar-refractivity contribution in [2.75, 3.05) is 0 Å². The minimum absolute atomic E-state index is 0.185. The van der Waals surface area contributed by atoms with Gasteiger partial charge in [-0.25, -0.2) is 13.4 Å². The van der Waals surface area contributed by atoms with Crippen LogP contribution < -0.4 is 0 Å². The Balaban J connectivity index is 2.90. The summed E-state index contributed by atoms with van der Waals surface area (Å²) in [5.74, 6) is 0. The first kappa shape index (κ1) is 10.3. The van der Waals surface area contributed by atoms with E-state index in [1.807, 2.05) is 13.8 Å². The molecule has 0 N–H and O–H groups in total. The van der Waals surface area contributed by atoms with E-state index in [0.29, 0.717) is 4.61 Å². The van der Waals surface area contributed by atoms with E-state index >= 15 is 0 Å². The number of hydrogen-bond acceptors (Lipinski definition) is 4. The molecule has 0 unspecified atom stereocenters. The smallest absolute Gasteiger partial charge is 0.221 e. The molecule has 0 saturated carbocycles. The predicted molar refractivity (Wildman–Crippen MR) is 56.1 cm³/mol. The van der Waals surface area contributed by atoms with Crippen molar-refractivity contribution in [3.8, 4) is 0 Å². The van der Waals surface area contributed by atoms with E-state index in [1.54, 1.807) is 0 Å². The van der Waals surface area contributed by atoms with Gasteiger partial charge < -0.3 is 0 Å². The number of aliphatic imine (C=N–C) groups is 1. The lowest BCUT2D eigenvalue weighted by atomic mass is 10.6. The molecule has 6 heteroatoms. The van der Waals surface area contributed by atoms with Gasteiger partial charge >= 0.3 is 0 Å². The largest absolute Gasteiger partial charge is 0.225 e. The van der Waals surface area contributed by atoms with E-state index in [9.17, 15) is 8.42 Å². The molecular weight excluding hydrogens is 262 g/mol. The zero-order valence-electron chi connectivity index (χ0n) is 6.61. The van der Waals surface area contributed by atoms with Crippen molar-refractivity contribution >= 4 is 41.9 Å². The van der Waals surface area contributed by atoms with Gasteiger partial charge in [-0.3, -0.25) is 0 Å². The van der Waals surface area contributed by atoms with Crippen LogP contribution in [-0.2, 0) is 9.84 Å². The van der Waals surface area contributed by atoms with Crippen LogP contribution in [-0.4, -0.2) is 18.0 Å². The molecule has 1 aliphatic rings. The fourth-order valence-electron chi connectivity index (χ4n) is 0.651. The first-order valence-electron chi connectivity index (χ1n) is 3.29. The highest BCUT2D eigenvalue weighted by Crippen LogP contribution is 2.27. The average molecular weight is 270 g/mol. The summed E-state index contributed by atoms with van der Waals surface area (Å²) < 4.78 is 23.1. The molecule has 0 aromatic carbocycles. The third-order valence-electron chi connectivity index (χ3n) is 1.03. The first-order chi connectivity index (χ1) is 5.42. The highest BCUT2D eigenvalue weighted by molar-refractivity contribution is 9.11. The third kappa shape index (κ3) is 2.34. The number of hydrogen-bond donors (Lipinski definition) is 0. The van der Waals surface area contributed by atoms with Gasteiger partial charge in [-0.05, 0) is 15.9 Å². The van der Waals surface area contributed by atoms with E-state index in [2.05, 4.69) is 20.9 Å². The standard InChI is InChI=1S/C6H8BrNO2S2/c1-4(2)11-6-8-5(7)3-12(6,9)10/h3-4H,1-2H3. The van der Waals surface area contributed by atoms with Gasteiger partial charge in [0, 0.05) is 5.25 Å². The molecule has 0 fully saturated rings. The highest BCUT2D eigenvalue weighted by atomic mass is 79.9. The van der Waals surface area contributed by atoms with Crippen LogP contribution in [0, 0.1) is 0 Å². The maximum absolute atomic E-state index is 11.2. The van der Waals surface area contributed by atoms with E-state index in [1.165, 1.54) is 11.8 Å². The average Bonchev–Trinajstić information content (AvgIpc) is 2.04. The Kier molecular flexibility index (Phi) is 3.01. The van der Waals surface area contributed by atoms with Crippen molar-refractivity contribution in [3.63, 3.8) is 0 Å². The fraction of sp³-hybridized carbons (Fsp3) is 0.500. The lowest BCUT2D eigenvalue weighted by molar-refractivity contribution is 0.616. The van der Waals surface area contributed by atoms with Crippen molar-refractivity contribution in [2.45, 2.75) is 19.1 Å². The van der Waals surface area contributed by atoms with Crippen LogP contribution in [0.2, 0.25) is 0 Å². The van der Waals surface area contributed by atoms with E-state index < -0.39 is 9.84 Å². The SMILES string of the molecule is CC(C)SC1=NC(Br)=CS1(=O)=O. The second kappa shape index (κ2) is 3.51. The Bertz CT molecular complexity index is 343. The third-order valence-corrected chi connectivity index (χ3v) is 4.60. The molecule has 3 nitrogen and oxygen atoms in total. The van der Waals surface area contributed by atoms with Crippen molar-refractivity contribution in [3.05, 3.63) is 10.0 Å². The van der Waals surface area contributed by atoms with Crippen molar-refractivity contribution in [1.82, 2.24) is 0 Å². The second-order valence-corrected chi connectivity index (χ2v) is 6.88. The number of nitrogens with zero attached hydrogens (tertiary/aromatic N) is 1. The Labute approximate surface area is 84.4 Å². The molecule has 0 amide bonds. The van der Waals surface area contributed by atoms with E-state index in [4.69, 9.17) is 0 Å². The molecule has 0 atom stereocenters. The molecule has 1 heterocycles. The monoisotopic (exact) mass is 269 g/mol. The molecule has 0 aromatic heterocycles. The summed E-state index contributed by atoms with van der Waals surface area (Å²) in [6.45, 7) is 3.85. The van der Waals surface area contributed by atoms with Crippen LogP contribution in [0.1, 0.15) is 13.8 Å². The van der Waals surface area contributed by atoms with Gasteiger partial charge in [0.25, 0.3) is 0 Å². The van der Waals surface area contributed by atoms with Gasteiger partial charge in [-0.15, -0.1) is 0 Å². The maximum atomic E-state index is 11.2. The molecule has 68 valence electrons. The fourth-order valence-corrected chi connectivity index (χ4v) is 4.25. The van der Waals surface area contributed by atoms with E-state index in [-0.39, 0.29) is 9.63 Å². The van der Waals surface area contributed by atoms with Gasteiger partial charge in [0.05, 0.1) is 5.41 Å². The zero-order chi connectivity index (χ0) is 9.35. The van der Waals surface area contributed by atoms with Gasteiger partial charge in [0.1, 0.15) is 4.61 Å². The quantitative estimate of drug-likeness (QED) is 0.685. The lowest BCUT2D eigenvalue weighted by Gasteiger charge is -2.01. The van der Waals surface area contributed by atoms with E-state index in [0.717, 1.165) is 5.41 Å². The summed E-state index contributed by atoms with van der Waals surface area (Å²) in [4.78, 5) is 3.85. The molecule has 0 aromatic rings.